The van der Waals surface area contributed by atoms with E-state index in [0.29, 0.717) is 23.8 Å². The van der Waals surface area contributed by atoms with Crippen molar-refractivity contribution in [3.05, 3.63) is 46.0 Å². The molecule has 1 saturated carbocycles. The molecule has 4 rings (SSSR count). The number of hydrogen-bond acceptors (Lipinski definition) is 4. The van der Waals surface area contributed by atoms with Crippen LogP contribution in [0.2, 0.25) is 0 Å². The third-order valence-electron chi connectivity index (χ3n) is 4.26. The number of carbonyl (C=O) groups excluding carboxylic acids is 1. The molecule has 0 saturated heterocycles. The van der Waals surface area contributed by atoms with Gasteiger partial charge in [-0.15, -0.1) is 11.3 Å². The zero-order valence-corrected chi connectivity index (χ0v) is 14.4. The molecule has 0 aromatic carbocycles. The molecular weight excluding hydrogens is 324 g/mol. The maximum atomic E-state index is 13.0. The highest BCUT2D eigenvalue weighted by molar-refractivity contribution is 7.13. The first-order valence-electron chi connectivity index (χ1n) is 7.92. The molecule has 1 amide bonds. The molecule has 24 heavy (non-hydrogen) atoms. The highest BCUT2D eigenvalue weighted by Gasteiger charge is 2.25. The van der Waals surface area contributed by atoms with Crippen molar-refractivity contribution in [1.29, 1.82) is 0 Å². The molecule has 0 radical (unpaired) electrons. The summed E-state index contributed by atoms with van der Waals surface area (Å²) < 4.78 is 3.49. The molecule has 0 spiro atoms. The fraction of sp³-hybridized carbons (Fsp3) is 0.353. The predicted molar refractivity (Wildman–Crippen MR) is 93.5 cm³/mol. The zero-order chi connectivity index (χ0) is 16.8. The van der Waals surface area contributed by atoms with Gasteiger partial charge in [0.15, 0.2) is 0 Å². The van der Waals surface area contributed by atoms with Gasteiger partial charge in [0.1, 0.15) is 5.69 Å². The number of aromatic nitrogens is 3. The number of fused-ring (bicyclic) bond motifs is 1. The summed E-state index contributed by atoms with van der Waals surface area (Å²) in [5, 5.41) is 2.00. The summed E-state index contributed by atoms with van der Waals surface area (Å²) in [6.45, 7) is 0.715. The van der Waals surface area contributed by atoms with Crippen molar-refractivity contribution in [2.75, 3.05) is 14.1 Å². The monoisotopic (exact) mass is 342 g/mol. The molecule has 6 nitrogen and oxygen atoms in total. The standard InChI is InChI=1S/C17H18N4O2S/c1-19(2)16(22)12-9-20-10-13(14-4-3-7-24-14)21(8-11-5-6-11)17(23)15(20)18-12/h3-4,7,9-11H,5-6,8H2,1-2H3. The van der Waals surface area contributed by atoms with Crippen LogP contribution < -0.4 is 5.56 Å². The van der Waals surface area contributed by atoms with Crippen molar-refractivity contribution in [2.45, 2.75) is 19.4 Å². The number of thiophene rings is 1. The van der Waals surface area contributed by atoms with Crippen LogP contribution in [0.15, 0.2) is 34.7 Å². The Hall–Kier alpha value is -2.41. The Balaban J connectivity index is 1.92. The van der Waals surface area contributed by atoms with E-state index in [1.165, 1.54) is 17.7 Å². The third-order valence-corrected chi connectivity index (χ3v) is 5.15. The molecule has 0 aliphatic heterocycles. The number of amides is 1. The highest BCUT2D eigenvalue weighted by Crippen LogP contribution is 2.32. The molecule has 1 aliphatic rings. The van der Waals surface area contributed by atoms with Crippen molar-refractivity contribution >= 4 is 22.9 Å². The van der Waals surface area contributed by atoms with Gasteiger partial charge in [-0.2, -0.15) is 0 Å². The Morgan fingerprint density at radius 2 is 2.17 bits per heavy atom. The van der Waals surface area contributed by atoms with Crippen LogP contribution >= 0.6 is 11.3 Å². The Bertz CT molecular complexity index is 965. The Kier molecular flexibility index (Phi) is 3.53. The third kappa shape index (κ3) is 2.54. The summed E-state index contributed by atoms with van der Waals surface area (Å²) in [5.41, 5.74) is 1.35. The lowest BCUT2D eigenvalue weighted by molar-refractivity contribution is 0.0822. The van der Waals surface area contributed by atoms with Crippen molar-refractivity contribution in [3.8, 4) is 10.6 Å². The second kappa shape index (κ2) is 5.59. The van der Waals surface area contributed by atoms with Crippen molar-refractivity contribution in [2.24, 2.45) is 5.92 Å². The van der Waals surface area contributed by atoms with Crippen LogP contribution in [0.5, 0.6) is 0 Å². The first-order chi connectivity index (χ1) is 11.5. The lowest BCUT2D eigenvalue weighted by Crippen LogP contribution is -2.25. The van der Waals surface area contributed by atoms with Gasteiger partial charge in [0.05, 0.1) is 10.6 Å². The minimum Gasteiger partial charge on any atom is -0.343 e. The number of rotatable bonds is 4. The van der Waals surface area contributed by atoms with Crippen molar-refractivity contribution in [3.63, 3.8) is 0 Å². The van der Waals surface area contributed by atoms with Crippen molar-refractivity contribution < 1.29 is 4.79 Å². The van der Waals surface area contributed by atoms with Crippen LogP contribution in [0, 0.1) is 5.92 Å². The summed E-state index contributed by atoms with van der Waals surface area (Å²) in [7, 11) is 3.35. The summed E-state index contributed by atoms with van der Waals surface area (Å²) in [5.74, 6) is 0.367. The first kappa shape index (κ1) is 15.1. The summed E-state index contributed by atoms with van der Waals surface area (Å²) in [4.78, 5) is 31.9. The smallest absolute Gasteiger partial charge is 0.294 e. The lowest BCUT2D eigenvalue weighted by atomic mass is 10.3. The van der Waals surface area contributed by atoms with Gasteiger partial charge in [-0.3, -0.25) is 14.0 Å². The highest BCUT2D eigenvalue weighted by atomic mass is 32.1. The van der Waals surface area contributed by atoms with Gasteiger partial charge >= 0.3 is 0 Å². The van der Waals surface area contributed by atoms with Crippen LogP contribution in [-0.4, -0.2) is 38.9 Å². The second-order valence-electron chi connectivity index (χ2n) is 6.41. The van der Waals surface area contributed by atoms with E-state index < -0.39 is 0 Å². The average molecular weight is 342 g/mol. The maximum Gasteiger partial charge on any atom is 0.294 e. The molecule has 1 aliphatic carbocycles. The van der Waals surface area contributed by atoms with E-state index in [1.807, 2.05) is 28.3 Å². The zero-order valence-electron chi connectivity index (χ0n) is 13.6. The fourth-order valence-corrected chi connectivity index (χ4v) is 3.52. The quantitative estimate of drug-likeness (QED) is 0.731. The van der Waals surface area contributed by atoms with Crippen LogP contribution in [0.25, 0.3) is 16.2 Å². The first-order valence-corrected chi connectivity index (χ1v) is 8.80. The summed E-state index contributed by atoms with van der Waals surface area (Å²) in [6, 6.07) is 3.99. The van der Waals surface area contributed by atoms with Crippen LogP contribution in [0.3, 0.4) is 0 Å². The molecule has 124 valence electrons. The van der Waals surface area contributed by atoms with E-state index in [2.05, 4.69) is 4.98 Å². The van der Waals surface area contributed by atoms with E-state index in [4.69, 9.17) is 0 Å². The largest absolute Gasteiger partial charge is 0.343 e. The molecule has 0 N–H and O–H groups in total. The Labute approximate surface area is 143 Å². The number of nitrogens with zero attached hydrogens (tertiary/aromatic N) is 4. The topological polar surface area (TPSA) is 59.6 Å². The molecule has 7 heteroatoms. The van der Waals surface area contributed by atoms with Gasteiger partial charge in [-0.05, 0) is 30.2 Å². The number of carbonyl (C=O) groups is 1. The molecule has 0 atom stereocenters. The Morgan fingerprint density at radius 3 is 2.79 bits per heavy atom. The lowest BCUT2D eigenvalue weighted by Gasteiger charge is -2.11. The van der Waals surface area contributed by atoms with Gasteiger partial charge in [0, 0.05) is 33.0 Å². The molecule has 3 aromatic heterocycles. The second-order valence-corrected chi connectivity index (χ2v) is 7.36. The minimum absolute atomic E-state index is 0.134. The molecular formula is C17H18N4O2S. The number of imidazole rings is 1. The predicted octanol–water partition coefficient (Wildman–Crippen LogP) is 2.34. The molecule has 3 aromatic rings. The van der Waals surface area contributed by atoms with Crippen molar-refractivity contribution in [1.82, 2.24) is 18.9 Å². The van der Waals surface area contributed by atoms with E-state index in [0.717, 1.165) is 10.6 Å². The van der Waals surface area contributed by atoms with Crippen LogP contribution in [0.4, 0.5) is 0 Å². The molecule has 1 fully saturated rings. The van der Waals surface area contributed by atoms with Crippen LogP contribution in [-0.2, 0) is 6.54 Å². The van der Waals surface area contributed by atoms with E-state index >= 15 is 0 Å². The fourth-order valence-electron chi connectivity index (χ4n) is 2.77. The maximum absolute atomic E-state index is 13.0. The number of hydrogen-bond donors (Lipinski definition) is 0. The van der Waals surface area contributed by atoms with Crippen LogP contribution in [0.1, 0.15) is 23.3 Å². The van der Waals surface area contributed by atoms with Gasteiger partial charge in [0.25, 0.3) is 11.5 Å². The normalized spacial score (nSPS) is 14.2. The Morgan fingerprint density at radius 1 is 1.38 bits per heavy atom. The summed E-state index contributed by atoms with van der Waals surface area (Å²) >= 11 is 1.60. The van der Waals surface area contributed by atoms with Gasteiger partial charge in [0.2, 0.25) is 5.65 Å². The van der Waals surface area contributed by atoms with E-state index in [1.54, 1.807) is 36.0 Å². The average Bonchev–Trinajstić information content (AvgIpc) is 3.04. The SMILES string of the molecule is CN(C)C(=O)c1cn2cc(-c3cccs3)n(CC3CC3)c(=O)c2n1. The van der Waals surface area contributed by atoms with E-state index in [-0.39, 0.29) is 11.5 Å². The van der Waals surface area contributed by atoms with E-state index in [9.17, 15) is 9.59 Å². The molecule has 3 heterocycles. The van der Waals surface area contributed by atoms with Gasteiger partial charge < -0.3 is 9.47 Å². The molecule has 0 bridgehead atoms. The minimum atomic E-state index is -0.204. The van der Waals surface area contributed by atoms with Gasteiger partial charge in [-0.1, -0.05) is 6.07 Å². The summed E-state index contributed by atoms with van der Waals surface area (Å²) in [6.07, 6.45) is 5.88. The molecule has 0 unspecified atom stereocenters. The van der Waals surface area contributed by atoms with Gasteiger partial charge in [-0.25, -0.2) is 4.98 Å².